The van der Waals surface area contributed by atoms with Crippen LogP contribution < -0.4 is 0 Å². The summed E-state index contributed by atoms with van der Waals surface area (Å²) in [6.45, 7) is 0.208. The third kappa shape index (κ3) is 4.23. The molecular weight excluding hydrogens is 262 g/mol. The number of benzene rings is 2. The quantitative estimate of drug-likeness (QED) is 0.790. The van der Waals surface area contributed by atoms with Crippen molar-refractivity contribution in [1.82, 2.24) is 0 Å². The molecule has 0 aliphatic rings. The summed E-state index contributed by atoms with van der Waals surface area (Å²) >= 11 is 5.94. The van der Waals surface area contributed by atoms with Crippen LogP contribution in [-0.4, -0.2) is 12.3 Å². The summed E-state index contributed by atoms with van der Waals surface area (Å²) in [5.74, 6) is 0. The molecule has 0 aliphatic heterocycles. The fraction of sp³-hybridized carbons (Fsp3) is 0.0667. The highest BCUT2D eigenvalue weighted by Crippen LogP contribution is 2.12. The molecule has 0 unspecified atom stereocenters. The highest BCUT2D eigenvalue weighted by atomic mass is 35.5. The molecule has 96 valence electrons. The maximum Gasteiger partial charge on any atom is 0.433 e. The molecular formula is C15H12ClNO2. The van der Waals surface area contributed by atoms with E-state index in [0.717, 1.165) is 5.56 Å². The summed E-state index contributed by atoms with van der Waals surface area (Å²) in [5, 5.41) is 0.544. The molecule has 0 bridgehead atoms. The topological polar surface area (TPSA) is 38.7 Å². The number of hydrogen-bond acceptors (Lipinski definition) is 2. The predicted octanol–water partition coefficient (Wildman–Crippen LogP) is 4.10. The van der Waals surface area contributed by atoms with Gasteiger partial charge < -0.3 is 4.74 Å². The van der Waals surface area contributed by atoms with Crippen LogP contribution in [0.4, 0.5) is 4.79 Å². The molecule has 0 fully saturated rings. The number of nitrogens with zero attached hydrogens (tertiary/aromatic N) is 1. The van der Waals surface area contributed by atoms with Crippen LogP contribution in [0, 0.1) is 0 Å². The predicted molar refractivity (Wildman–Crippen MR) is 75.7 cm³/mol. The number of ether oxygens (including phenoxy) is 1. The summed E-state index contributed by atoms with van der Waals surface area (Å²) in [4.78, 5) is 15.1. The SMILES string of the molecule is O=C(/N=C/c1ccccc1Cl)OCc1ccccc1. The Morgan fingerprint density at radius 2 is 1.79 bits per heavy atom. The monoisotopic (exact) mass is 273 g/mol. The van der Waals surface area contributed by atoms with Gasteiger partial charge in [-0.15, -0.1) is 0 Å². The summed E-state index contributed by atoms with van der Waals surface area (Å²) in [6.07, 6.45) is 0.763. The van der Waals surface area contributed by atoms with Crippen molar-refractivity contribution in [3.8, 4) is 0 Å². The van der Waals surface area contributed by atoms with Crippen molar-refractivity contribution in [3.05, 3.63) is 70.7 Å². The molecule has 0 heterocycles. The molecule has 2 rings (SSSR count). The minimum absolute atomic E-state index is 0.208. The van der Waals surface area contributed by atoms with E-state index in [-0.39, 0.29) is 6.61 Å². The van der Waals surface area contributed by atoms with E-state index in [2.05, 4.69) is 4.99 Å². The first-order valence-corrected chi connectivity index (χ1v) is 6.13. The summed E-state index contributed by atoms with van der Waals surface area (Å²) in [6, 6.07) is 16.6. The molecule has 2 aromatic rings. The van der Waals surface area contributed by atoms with Crippen LogP contribution in [0.2, 0.25) is 5.02 Å². The van der Waals surface area contributed by atoms with Crippen molar-refractivity contribution in [1.29, 1.82) is 0 Å². The first kappa shape index (κ1) is 13.3. The molecule has 0 aromatic heterocycles. The zero-order valence-electron chi connectivity index (χ0n) is 10.1. The number of halogens is 1. The number of aliphatic imine (C=N–C) groups is 1. The Balaban J connectivity index is 1.90. The lowest BCUT2D eigenvalue weighted by Crippen LogP contribution is -2.00. The molecule has 0 aliphatic carbocycles. The van der Waals surface area contributed by atoms with E-state index in [9.17, 15) is 4.79 Å². The largest absolute Gasteiger partial charge is 0.443 e. The second-order valence-electron chi connectivity index (χ2n) is 3.82. The summed E-state index contributed by atoms with van der Waals surface area (Å²) in [7, 11) is 0. The lowest BCUT2D eigenvalue weighted by molar-refractivity contribution is 0.151. The van der Waals surface area contributed by atoms with Gasteiger partial charge in [0, 0.05) is 16.8 Å². The van der Waals surface area contributed by atoms with Crippen LogP contribution in [0.5, 0.6) is 0 Å². The maximum absolute atomic E-state index is 11.4. The van der Waals surface area contributed by atoms with E-state index in [1.165, 1.54) is 6.21 Å². The van der Waals surface area contributed by atoms with Gasteiger partial charge in [0.15, 0.2) is 0 Å². The molecule has 4 heteroatoms. The first-order chi connectivity index (χ1) is 9.25. The van der Waals surface area contributed by atoms with Gasteiger partial charge in [-0.3, -0.25) is 0 Å². The molecule has 3 nitrogen and oxygen atoms in total. The molecule has 1 amide bonds. The van der Waals surface area contributed by atoms with Crippen LogP contribution in [0.1, 0.15) is 11.1 Å². The summed E-state index contributed by atoms with van der Waals surface area (Å²) < 4.78 is 5.01. The van der Waals surface area contributed by atoms with Crippen molar-refractivity contribution in [2.75, 3.05) is 0 Å². The van der Waals surface area contributed by atoms with Gasteiger partial charge in [0.1, 0.15) is 6.61 Å². The van der Waals surface area contributed by atoms with Crippen molar-refractivity contribution in [2.24, 2.45) is 4.99 Å². The lowest BCUT2D eigenvalue weighted by atomic mass is 10.2. The molecule has 0 saturated carbocycles. The molecule has 0 radical (unpaired) electrons. The standard InChI is InChI=1S/C15H12ClNO2/c16-14-9-5-4-8-13(14)10-17-15(18)19-11-12-6-2-1-3-7-12/h1-10H,11H2/b17-10+. The van der Waals surface area contributed by atoms with Crippen LogP contribution in [0.3, 0.4) is 0 Å². The smallest absolute Gasteiger partial charge is 0.433 e. The molecule has 19 heavy (non-hydrogen) atoms. The normalized spacial score (nSPS) is 10.6. The second kappa shape index (κ2) is 6.71. The number of rotatable bonds is 3. The third-order valence-electron chi connectivity index (χ3n) is 2.42. The molecule has 0 spiro atoms. The van der Waals surface area contributed by atoms with Crippen LogP contribution in [-0.2, 0) is 11.3 Å². The highest BCUT2D eigenvalue weighted by molar-refractivity contribution is 6.33. The fourth-order valence-corrected chi connectivity index (χ4v) is 1.64. The van der Waals surface area contributed by atoms with E-state index in [1.54, 1.807) is 12.1 Å². The van der Waals surface area contributed by atoms with Gasteiger partial charge in [0.25, 0.3) is 0 Å². The molecule has 0 N–H and O–H groups in total. The van der Waals surface area contributed by atoms with Gasteiger partial charge in [-0.05, 0) is 11.6 Å². The van der Waals surface area contributed by atoms with Gasteiger partial charge in [-0.2, -0.15) is 4.99 Å². The van der Waals surface area contributed by atoms with Crippen molar-refractivity contribution in [3.63, 3.8) is 0 Å². The number of carbonyl (C=O) groups excluding carboxylic acids is 1. The van der Waals surface area contributed by atoms with Crippen LogP contribution in [0.25, 0.3) is 0 Å². The number of amides is 1. The zero-order chi connectivity index (χ0) is 13.5. The minimum atomic E-state index is -0.635. The van der Waals surface area contributed by atoms with Crippen molar-refractivity contribution >= 4 is 23.9 Å². The van der Waals surface area contributed by atoms with Gasteiger partial charge in [0.05, 0.1) is 0 Å². The van der Waals surface area contributed by atoms with E-state index < -0.39 is 6.09 Å². The van der Waals surface area contributed by atoms with Gasteiger partial charge in [-0.25, -0.2) is 4.79 Å². The van der Waals surface area contributed by atoms with Crippen molar-refractivity contribution in [2.45, 2.75) is 6.61 Å². The Morgan fingerprint density at radius 3 is 2.53 bits per heavy atom. The highest BCUT2D eigenvalue weighted by Gasteiger charge is 2.00. The second-order valence-corrected chi connectivity index (χ2v) is 4.23. The number of carbonyl (C=O) groups is 1. The van der Waals surface area contributed by atoms with Gasteiger partial charge in [0.2, 0.25) is 0 Å². The first-order valence-electron chi connectivity index (χ1n) is 5.75. The molecule has 0 atom stereocenters. The average Bonchev–Trinajstić information content (AvgIpc) is 2.45. The zero-order valence-corrected chi connectivity index (χ0v) is 10.9. The van der Waals surface area contributed by atoms with E-state index >= 15 is 0 Å². The summed E-state index contributed by atoms with van der Waals surface area (Å²) in [5.41, 5.74) is 1.60. The van der Waals surface area contributed by atoms with Crippen LogP contribution in [0.15, 0.2) is 59.6 Å². The Labute approximate surface area is 116 Å². The average molecular weight is 274 g/mol. The lowest BCUT2D eigenvalue weighted by Gasteiger charge is -2.01. The Bertz CT molecular complexity index is 582. The van der Waals surface area contributed by atoms with E-state index in [1.807, 2.05) is 42.5 Å². The fourth-order valence-electron chi connectivity index (χ4n) is 1.46. The van der Waals surface area contributed by atoms with Crippen molar-refractivity contribution < 1.29 is 9.53 Å². The van der Waals surface area contributed by atoms with E-state index in [4.69, 9.17) is 16.3 Å². The van der Waals surface area contributed by atoms with Crippen LogP contribution >= 0.6 is 11.6 Å². The Hall–Kier alpha value is -2.13. The van der Waals surface area contributed by atoms with E-state index in [0.29, 0.717) is 10.6 Å². The number of hydrogen-bond donors (Lipinski definition) is 0. The Morgan fingerprint density at radius 1 is 1.11 bits per heavy atom. The van der Waals surface area contributed by atoms with Gasteiger partial charge >= 0.3 is 6.09 Å². The minimum Gasteiger partial charge on any atom is -0.443 e. The maximum atomic E-state index is 11.4. The molecule has 0 saturated heterocycles. The van der Waals surface area contributed by atoms with Gasteiger partial charge in [-0.1, -0.05) is 60.1 Å². The third-order valence-corrected chi connectivity index (χ3v) is 2.76. The Kier molecular flexibility index (Phi) is 4.70. The molecule has 2 aromatic carbocycles.